The molecule has 0 radical (unpaired) electrons. The minimum Gasteiger partial charge on any atom is -0.419 e. The number of nitro groups is 1. The molecule has 0 bridgehead atoms. The van der Waals surface area contributed by atoms with E-state index in [-0.39, 0.29) is 24.0 Å². The van der Waals surface area contributed by atoms with Crippen molar-refractivity contribution in [3.63, 3.8) is 0 Å². The van der Waals surface area contributed by atoms with Gasteiger partial charge in [-0.3, -0.25) is 19.7 Å². The molecule has 9 nitrogen and oxygen atoms in total. The molecule has 1 saturated heterocycles. The van der Waals surface area contributed by atoms with E-state index in [4.69, 9.17) is 16.5 Å². The summed E-state index contributed by atoms with van der Waals surface area (Å²) in [7, 11) is 4.79. The van der Waals surface area contributed by atoms with Gasteiger partial charge in [-0.25, -0.2) is 0 Å². The Balaban J connectivity index is 0.000000402. The lowest BCUT2D eigenvalue weighted by Gasteiger charge is -2.28. The molecule has 1 fully saturated rings. The monoisotopic (exact) mass is 518 g/mol. The van der Waals surface area contributed by atoms with Crippen molar-refractivity contribution in [3.8, 4) is 5.75 Å². The number of nitrogens with zero attached hydrogens (tertiary/aromatic N) is 2. The summed E-state index contributed by atoms with van der Waals surface area (Å²) in [6, 6.07) is 11.8. The Morgan fingerprint density at radius 1 is 1.20 bits per heavy atom. The molecule has 2 aromatic rings. The molecule has 1 amide bonds. The molecule has 0 unspecified atom stereocenters. The Bertz CT molecular complexity index is 1030. The minimum atomic E-state index is -0.698. The van der Waals surface area contributed by atoms with Gasteiger partial charge in [0.05, 0.1) is 17.6 Å². The van der Waals surface area contributed by atoms with E-state index in [0.717, 1.165) is 23.2 Å². The Kier molecular flexibility index (Phi) is 11.9. The molecule has 0 spiro atoms. The smallest absolute Gasteiger partial charge is 0.315 e. The maximum absolute atomic E-state index is 12.1. The maximum atomic E-state index is 12.1. The number of likely N-dealkylation sites (tertiary alicyclic amines) is 1. The van der Waals surface area contributed by atoms with Crippen LogP contribution in [0.3, 0.4) is 0 Å². The second kappa shape index (κ2) is 14.6. The number of piperidine rings is 1. The standard InChI is InChI=1S/C17H15N2O5PS.C7H16N2/c1-11-2-4-12(5-3-11)8-16(20)24-15-7-6-13(9-14(15)19(22)23)17(21)18-10-25-26;1-8-7-3-5-9(2)6-4-7/h2-7,9H,8,10H2,1H3,(H,18,21);7-8H,3-6H2,1-2H3. The van der Waals surface area contributed by atoms with E-state index in [1.807, 2.05) is 19.1 Å². The molecule has 3 rings (SSSR count). The van der Waals surface area contributed by atoms with Crippen LogP contribution in [0.5, 0.6) is 5.75 Å². The molecule has 1 aliphatic rings. The molecule has 0 aliphatic carbocycles. The van der Waals surface area contributed by atoms with Crippen LogP contribution in [-0.2, 0) is 23.0 Å². The van der Waals surface area contributed by atoms with Crippen molar-refractivity contribution < 1.29 is 19.2 Å². The number of carbonyl (C=O) groups is 2. The quantitative estimate of drug-likeness (QED) is 0.180. The fourth-order valence-corrected chi connectivity index (χ4v) is 3.82. The van der Waals surface area contributed by atoms with Crippen LogP contribution in [0.1, 0.15) is 34.3 Å². The van der Waals surface area contributed by atoms with Crippen molar-refractivity contribution >= 4 is 36.7 Å². The van der Waals surface area contributed by atoms with Crippen LogP contribution in [0.4, 0.5) is 5.69 Å². The lowest BCUT2D eigenvalue weighted by Crippen LogP contribution is -2.39. The van der Waals surface area contributed by atoms with Crippen molar-refractivity contribution in [1.29, 1.82) is 0 Å². The zero-order valence-electron chi connectivity index (χ0n) is 20.2. The number of hydrogen-bond donors (Lipinski definition) is 2. The van der Waals surface area contributed by atoms with Gasteiger partial charge in [-0.05, 0) is 72.0 Å². The first kappa shape index (κ1) is 28.5. The number of benzene rings is 2. The highest BCUT2D eigenvalue weighted by Gasteiger charge is 2.21. The van der Waals surface area contributed by atoms with Crippen molar-refractivity contribution in [1.82, 2.24) is 15.5 Å². The van der Waals surface area contributed by atoms with Crippen molar-refractivity contribution in [3.05, 3.63) is 69.3 Å². The Hall–Kier alpha value is -2.78. The molecule has 0 saturated carbocycles. The number of esters is 1. The minimum absolute atomic E-state index is 0.0163. The topological polar surface area (TPSA) is 114 Å². The number of ether oxygens (including phenoxy) is 1. The summed E-state index contributed by atoms with van der Waals surface area (Å²) < 4.78 is 5.13. The van der Waals surface area contributed by atoms with Gasteiger partial charge in [-0.2, -0.15) is 0 Å². The van der Waals surface area contributed by atoms with E-state index in [1.165, 1.54) is 38.1 Å². The van der Waals surface area contributed by atoms with Crippen LogP contribution in [0.25, 0.3) is 0 Å². The zero-order valence-corrected chi connectivity index (χ0v) is 21.9. The highest BCUT2D eigenvalue weighted by atomic mass is 32.4. The molecule has 11 heteroatoms. The average molecular weight is 519 g/mol. The first-order valence-electron chi connectivity index (χ1n) is 11.2. The predicted molar refractivity (Wildman–Crippen MR) is 140 cm³/mol. The van der Waals surface area contributed by atoms with Gasteiger partial charge in [0.1, 0.15) is 0 Å². The normalized spacial score (nSPS) is 14.0. The van der Waals surface area contributed by atoms with Gasteiger partial charge in [0.2, 0.25) is 5.75 Å². The fourth-order valence-electron chi connectivity index (χ4n) is 3.42. The molecule has 2 N–H and O–H groups in total. The third-order valence-electron chi connectivity index (χ3n) is 5.54. The first-order chi connectivity index (χ1) is 16.7. The summed E-state index contributed by atoms with van der Waals surface area (Å²) in [6.07, 6.45) is 2.87. The van der Waals surface area contributed by atoms with Crippen LogP contribution < -0.4 is 15.4 Å². The van der Waals surface area contributed by atoms with Gasteiger partial charge in [-0.1, -0.05) is 41.6 Å². The molecular formula is C24H31N4O5PS. The number of hydrogen-bond acceptors (Lipinski definition) is 8. The van der Waals surface area contributed by atoms with E-state index < -0.39 is 22.5 Å². The van der Waals surface area contributed by atoms with E-state index in [1.54, 1.807) is 12.1 Å². The number of carbonyl (C=O) groups excluding carboxylic acids is 2. The van der Waals surface area contributed by atoms with Gasteiger partial charge in [-0.15, -0.1) is 0 Å². The van der Waals surface area contributed by atoms with Crippen LogP contribution in [0.15, 0.2) is 42.5 Å². The maximum Gasteiger partial charge on any atom is 0.315 e. The number of nitrogens with one attached hydrogen (secondary N) is 2. The molecule has 0 aromatic heterocycles. The van der Waals surface area contributed by atoms with Crippen LogP contribution >= 0.6 is 7.36 Å². The van der Waals surface area contributed by atoms with Crippen LogP contribution in [0.2, 0.25) is 0 Å². The molecule has 35 heavy (non-hydrogen) atoms. The van der Waals surface area contributed by atoms with Crippen LogP contribution in [-0.4, -0.2) is 61.2 Å². The Morgan fingerprint density at radius 2 is 1.86 bits per heavy atom. The lowest BCUT2D eigenvalue weighted by molar-refractivity contribution is -0.385. The summed E-state index contributed by atoms with van der Waals surface area (Å²) in [4.78, 5) is 36.9. The van der Waals surface area contributed by atoms with E-state index in [2.05, 4.69) is 29.6 Å². The fraction of sp³-hybridized carbons (Fsp3) is 0.417. The number of nitro benzene ring substituents is 1. The zero-order chi connectivity index (χ0) is 25.8. The van der Waals surface area contributed by atoms with E-state index in [0.29, 0.717) is 7.36 Å². The van der Waals surface area contributed by atoms with Crippen molar-refractivity contribution in [2.45, 2.75) is 32.2 Å². The molecule has 1 aliphatic heterocycles. The summed E-state index contributed by atoms with van der Waals surface area (Å²) in [5.74, 6) is -1.31. The van der Waals surface area contributed by atoms with Crippen LogP contribution in [0, 0.1) is 17.0 Å². The Morgan fingerprint density at radius 3 is 2.43 bits per heavy atom. The summed E-state index contributed by atoms with van der Waals surface area (Å²) >= 11 is 4.71. The molecule has 188 valence electrons. The van der Waals surface area contributed by atoms with Crippen molar-refractivity contribution in [2.75, 3.05) is 33.5 Å². The molecule has 1 heterocycles. The second-order valence-corrected chi connectivity index (χ2v) is 9.58. The predicted octanol–water partition coefficient (Wildman–Crippen LogP) is 3.45. The van der Waals surface area contributed by atoms with Crippen molar-refractivity contribution in [2.24, 2.45) is 0 Å². The number of rotatable bonds is 8. The third kappa shape index (κ3) is 9.78. The molecular weight excluding hydrogens is 487 g/mol. The summed E-state index contributed by atoms with van der Waals surface area (Å²) in [6.45, 7) is 4.44. The number of aryl methyl sites for hydroxylation is 1. The highest BCUT2D eigenvalue weighted by molar-refractivity contribution is 7.96. The number of amides is 1. The van der Waals surface area contributed by atoms with Gasteiger partial charge < -0.3 is 20.3 Å². The Labute approximate surface area is 212 Å². The summed E-state index contributed by atoms with van der Waals surface area (Å²) in [5.41, 5.74) is 1.43. The van der Waals surface area contributed by atoms with E-state index in [9.17, 15) is 19.7 Å². The lowest BCUT2D eigenvalue weighted by atomic mass is 10.1. The molecule has 2 aromatic carbocycles. The van der Waals surface area contributed by atoms with E-state index >= 15 is 0 Å². The van der Waals surface area contributed by atoms with Gasteiger partial charge in [0.15, 0.2) is 0 Å². The first-order valence-corrected chi connectivity index (χ1v) is 13.3. The largest absolute Gasteiger partial charge is 0.419 e. The van der Waals surface area contributed by atoms with Gasteiger partial charge >= 0.3 is 11.7 Å². The summed E-state index contributed by atoms with van der Waals surface area (Å²) in [5, 5.41) is 17.1. The van der Waals surface area contributed by atoms with Gasteiger partial charge in [0.25, 0.3) is 5.91 Å². The highest BCUT2D eigenvalue weighted by Crippen LogP contribution is 2.28. The third-order valence-corrected chi connectivity index (χ3v) is 6.22. The van der Waals surface area contributed by atoms with Gasteiger partial charge in [0, 0.05) is 17.7 Å². The molecule has 0 atom stereocenters. The average Bonchev–Trinajstić information content (AvgIpc) is 2.85. The SMILES string of the molecule is CNC1CCN(C)CC1.Cc1ccc(CC(=O)Oc2ccc(C(=O)NCP=S)cc2[N+](=O)[O-])cc1. The second-order valence-electron chi connectivity index (χ2n) is 8.24.